The van der Waals surface area contributed by atoms with Crippen LogP contribution in [0.3, 0.4) is 0 Å². The van der Waals surface area contributed by atoms with Gasteiger partial charge in [0.15, 0.2) is 0 Å². The number of ether oxygens (including phenoxy) is 4. The Morgan fingerprint density at radius 1 is 0.764 bits per heavy atom. The Bertz CT molecular complexity index is 1920. The van der Waals surface area contributed by atoms with Gasteiger partial charge < -0.3 is 18.9 Å². The lowest BCUT2D eigenvalue weighted by molar-refractivity contribution is -0.163. The third-order valence-electron chi connectivity index (χ3n) is 9.34. The SMILES string of the molecule is CC(C)(C)OC(=O)N1CC(=O)OC[C@@H]1[C@@H](OCc1ccccc1)[C@H](Cc1cc(F)cc(OCc2ccccc2)c1)N(Cc1ccccc1)Cc1ccccc1. The molecule has 0 N–H and O–H groups in total. The summed E-state index contributed by atoms with van der Waals surface area (Å²) >= 11 is 0. The number of carbonyl (C=O) groups excluding carboxylic acids is 2. The molecule has 8 nitrogen and oxygen atoms in total. The fourth-order valence-corrected chi connectivity index (χ4v) is 6.79. The minimum absolute atomic E-state index is 0.104. The van der Waals surface area contributed by atoms with Crippen LogP contribution >= 0.6 is 0 Å². The molecule has 1 heterocycles. The summed E-state index contributed by atoms with van der Waals surface area (Å²) in [4.78, 5) is 30.5. The Labute approximate surface area is 323 Å². The second-order valence-corrected chi connectivity index (χ2v) is 14.8. The first kappa shape index (κ1) is 39.2. The summed E-state index contributed by atoms with van der Waals surface area (Å²) in [7, 11) is 0. The quantitative estimate of drug-likeness (QED) is 0.0993. The fourth-order valence-electron chi connectivity index (χ4n) is 6.79. The molecule has 6 rings (SSSR count). The van der Waals surface area contributed by atoms with E-state index in [4.69, 9.17) is 18.9 Å². The Morgan fingerprint density at radius 2 is 1.29 bits per heavy atom. The first-order valence-electron chi connectivity index (χ1n) is 18.7. The smallest absolute Gasteiger partial charge is 0.411 e. The monoisotopic (exact) mass is 744 g/mol. The number of rotatable bonds is 15. The summed E-state index contributed by atoms with van der Waals surface area (Å²) in [5.74, 6) is -0.559. The van der Waals surface area contributed by atoms with E-state index in [2.05, 4.69) is 29.2 Å². The third kappa shape index (κ3) is 11.7. The summed E-state index contributed by atoms with van der Waals surface area (Å²) in [6, 6.07) is 43.3. The van der Waals surface area contributed by atoms with E-state index in [-0.39, 0.29) is 26.4 Å². The lowest BCUT2D eigenvalue weighted by atomic mass is 9.92. The van der Waals surface area contributed by atoms with Crippen LogP contribution in [0.2, 0.25) is 0 Å². The Hall–Kier alpha value is -5.51. The van der Waals surface area contributed by atoms with Crippen molar-refractivity contribution >= 4 is 12.1 Å². The highest BCUT2D eigenvalue weighted by Crippen LogP contribution is 2.30. The van der Waals surface area contributed by atoms with Crippen molar-refractivity contribution in [1.82, 2.24) is 9.80 Å². The third-order valence-corrected chi connectivity index (χ3v) is 9.34. The molecule has 5 aromatic carbocycles. The first-order valence-corrected chi connectivity index (χ1v) is 18.7. The van der Waals surface area contributed by atoms with Crippen molar-refractivity contribution < 1.29 is 32.9 Å². The molecule has 5 aromatic rings. The van der Waals surface area contributed by atoms with Gasteiger partial charge in [0.2, 0.25) is 0 Å². The average molecular weight is 745 g/mol. The van der Waals surface area contributed by atoms with Crippen LogP contribution in [0.5, 0.6) is 5.75 Å². The molecule has 55 heavy (non-hydrogen) atoms. The highest BCUT2D eigenvalue weighted by molar-refractivity contribution is 5.79. The van der Waals surface area contributed by atoms with E-state index in [0.717, 1.165) is 22.3 Å². The van der Waals surface area contributed by atoms with Crippen molar-refractivity contribution in [3.63, 3.8) is 0 Å². The molecule has 1 saturated heterocycles. The standard InChI is InChI=1S/C46H49FN2O6/c1-46(2,3)55-45(51)49-30-43(50)53-33-42(49)44(54-32-37-22-14-7-15-23-37)41(48(28-34-16-8-4-9-17-34)29-35-18-10-5-11-19-35)26-38-24-39(47)27-40(25-38)52-31-36-20-12-6-13-21-36/h4-25,27,41-42,44H,26,28-33H2,1-3H3/t41-,42+,44-/m0/s1. The van der Waals surface area contributed by atoms with Crippen LogP contribution in [0.25, 0.3) is 0 Å². The molecular weight excluding hydrogens is 696 g/mol. The van der Waals surface area contributed by atoms with Gasteiger partial charge in [-0.1, -0.05) is 121 Å². The zero-order chi connectivity index (χ0) is 38.6. The number of cyclic esters (lactones) is 1. The summed E-state index contributed by atoms with van der Waals surface area (Å²) in [6.07, 6.45) is -1.07. The van der Waals surface area contributed by atoms with Crippen molar-refractivity contribution in [2.45, 2.75) is 77.3 Å². The molecule has 3 atom stereocenters. The van der Waals surface area contributed by atoms with Crippen LogP contribution in [0.15, 0.2) is 140 Å². The topological polar surface area (TPSA) is 77.5 Å². The number of benzene rings is 5. The molecule has 9 heteroatoms. The number of hydrogen-bond donors (Lipinski definition) is 0. The Kier molecular flexibility index (Phi) is 13.3. The van der Waals surface area contributed by atoms with E-state index < -0.39 is 41.7 Å². The molecule has 286 valence electrons. The normalized spacial score (nSPS) is 15.6. The van der Waals surface area contributed by atoms with Gasteiger partial charge >= 0.3 is 12.1 Å². The highest BCUT2D eigenvalue weighted by Gasteiger charge is 2.44. The second-order valence-electron chi connectivity index (χ2n) is 14.8. The van der Waals surface area contributed by atoms with E-state index in [1.54, 1.807) is 20.8 Å². The van der Waals surface area contributed by atoms with Gasteiger partial charge in [0.25, 0.3) is 0 Å². The van der Waals surface area contributed by atoms with E-state index in [1.807, 2.05) is 103 Å². The average Bonchev–Trinajstić information content (AvgIpc) is 3.17. The number of halogens is 1. The van der Waals surface area contributed by atoms with Crippen LogP contribution in [-0.4, -0.2) is 58.8 Å². The predicted molar refractivity (Wildman–Crippen MR) is 210 cm³/mol. The van der Waals surface area contributed by atoms with Gasteiger partial charge in [0, 0.05) is 25.2 Å². The summed E-state index contributed by atoms with van der Waals surface area (Å²) in [5.41, 5.74) is 3.90. The van der Waals surface area contributed by atoms with E-state index in [1.165, 1.54) is 17.0 Å². The minimum atomic E-state index is -0.812. The largest absolute Gasteiger partial charge is 0.489 e. The van der Waals surface area contributed by atoms with Crippen molar-refractivity contribution in [2.24, 2.45) is 0 Å². The van der Waals surface area contributed by atoms with E-state index >= 15 is 4.39 Å². The van der Waals surface area contributed by atoms with Crippen molar-refractivity contribution in [1.29, 1.82) is 0 Å². The van der Waals surface area contributed by atoms with E-state index in [9.17, 15) is 9.59 Å². The fraction of sp³-hybridized carbons (Fsp3) is 0.304. The lowest BCUT2D eigenvalue weighted by Crippen LogP contribution is -2.62. The molecule has 0 unspecified atom stereocenters. The van der Waals surface area contributed by atoms with Gasteiger partial charge in [-0.05, 0) is 67.1 Å². The van der Waals surface area contributed by atoms with Crippen LogP contribution < -0.4 is 4.74 Å². The first-order chi connectivity index (χ1) is 26.6. The number of esters is 1. The molecule has 0 aliphatic carbocycles. The molecule has 0 spiro atoms. The number of nitrogens with zero attached hydrogens (tertiary/aromatic N) is 2. The maximum absolute atomic E-state index is 15.5. The van der Waals surface area contributed by atoms with Crippen LogP contribution in [0, 0.1) is 5.82 Å². The molecule has 0 saturated carbocycles. The van der Waals surface area contributed by atoms with Gasteiger partial charge in [0.1, 0.15) is 36.9 Å². The van der Waals surface area contributed by atoms with Gasteiger partial charge in [-0.3, -0.25) is 14.6 Å². The van der Waals surface area contributed by atoms with Crippen molar-refractivity contribution in [2.75, 3.05) is 13.2 Å². The number of amides is 1. The summed E-state index contributed by atoms with van der Waals surface area (Å²) in [6.45, 7) is 6.48. The maximum Gasteiger partial charge on any atom is 0.411 e. The molecule has 1 fully saturated rings. The summed E-state index contributed by atoms with van der Waals surface area (Å²) < 4.78 is 40.2. The zero-order valence-electron chi connectivity index (χ0n) is 31.7. The predicted octanol–water partition coefficient (Wildman–Crippen LogP) is 8.77. The molecule has 1 amide bonds. The second kappa shape index (κ2) is 18.7. The van der Waals surface area contributed by atoms with E-state index in [0.29, 0.717) is 30.8 Å². The molecule has 0 radical (unpaired) electrons. The number of morpholine rings is 1. The molecule has 0 aromatic heterocycles. The van der Waals surface area contributed by atoms with Crippen molar-refractivity contribution in [3.05, 3.63) is 173 Å². The minimum Gasteiger partial charge on any atom is -0.489 e. The molecular formula is C46H49FN2O6. The molecule has 1 aliphatic heterocycles. The van der Waals surface area contributed by atoms with Crippen LogP contribution in [0.1, 0.15) is 48.6 Å². The number of carbonyl (C=O) groups is 2. The molecule has 0 bridgehead atoms. The number of hydrogen-bond acceptors (Lipinski definition) is 7. The van der Waals surface area contributed by atoms with Crippen molar-refractivity contribution in [3.8, 4) is 5.75 Å². The van der Waals surface area contributed by atoms with Gasteiger partial charge in [-0.15, -0.1) is 0 Å². The van der Waals surface area contributed by atoms with Crippen LogP contribution in [0.4, 0.5) is 9.18 Å². The van der Waals surface area contributed by atoms with Gasteiger partial charge in [-0.25, -0.2) is 9.18 Å². The maximum atomic E-state index is 15.5. The zero-order valence-corrected chi connectivity index (χ0v) is 31.7. The summed E-state index contributed by atoms with van der Waals surface area (Å²) in [5, 5.41) is 0. The Balaban J connectivity index is 1.45. The molecule has 1 aliphatic rings. The van der Waals surface area contributed by atoms with Gasteiger partial charge in [0.05, 0.1) is 18.8 Å². The Morgan fingerprint density at radius 3 is 1.84 bits per heavy atom. The van der Waals surface area contributed by atoms with Crippen LogP contribution in [-0.2, 0) is 51.7 Å². The lowest BCUT2D eigenvalue weighted by Gasteiger charge is -2.45. The van der Waals surface area contributed by atoms with Gasteiger partial charge in [-0.2, -0.15) is 0 Å². The highest BCUT2D eigenvalue weighted by atomic mass is 19.1.